The number of amides is 1. The van der Waals surface area contributed by atoms with Crippen LogP contribution in [0.1, 0.15) is 5.56 Å². The molecule has 0 aliphatic heterocycles. The van der Waals surface area contributed by atoms with Crippen LogP contribution in [0.3, 0.4) is 0 Å². The van der Waals surface area contributed by atoms with Gasteiger partial charge in [0.15, 0.2) is 6.61 Å². The van der Waals surface area contributed by atoms with Gasteiger partial charge in [-0.2, -0.15) is 0 Å². The normalized spacial score (nSPS) is 10.4. The van der Waals surface area contributed by atoms with E-state index >= 15 is 0 Å². The average Bonchev–Trinajstić information content (AvgIpc) is 3.11. The number of carbonyl (C=O) groups excluding carboxylic acids is 1. The van der Waals surface area contributed by atoms with Gasteiger partial charge >= 0.3 is 0 Å². The molecule has 1 amide bonds. The van der Waals surface area contributed by atoms with Crippen LogP contribution in [0.15, 0.2) is 48.8 Å². The maximum Gasteiger partial charge on any atom is 0.262 e. The van der Waals surface area contributed by atoms with Crippen LogP contribution >= 0.6 is 11.6 Å². The van der Waals surface area contributed by atoms with Crippen LogP contribution in [-0.2, 0) is 4.79 Å². The minimum absolute atomic E-state index is 0.101. The molecule has 1 heterocycles. The number of tetrazole rings is 1. The molecular formula is C16H14ClN5O2. The number of carbonyl (C=O) groups is 1. The van der Waals surface area contributed by atoms with Gasteiger partial charge in [0.2, 0.25) is 0 Å². The Morgan fingerprint density at radius 3 is 2.92 bits per heavy atom. The number of aromatic nitrogens is 4. The standard InChI is InChI=1S/C16H14ClN5O2/c1-11-7-14(5-6-15(11)17)24-9-16(23)19-12-3-2-4-13(8-12)22-10-18-20-21-22/h2-8,10H,9H2,1H3,(H,19,23). The fourth-order valence-electron chi connectivity index (χ4n) is 2.06. The summed E-state index contributed by atoms with van der Waals surface area (Å²) in [6, 6.07) is 12.4. The van der Waals surface area contributed by atoms with Crippen molar-refractivity contribution in [2.45, 2.75) is 6.92 Å². The predicted molar refractivity (Wildman–Crippen MR) is 89.5 cm³/mol. The summed E-state index contributed by atoms with van der Waals surface area (Å²) >= 11 is 5.96. The molecule has 0 saturated heterocycles. The smallest absolute Gasteiger partial charge is 0.262 e. The van der Waals surface area contributed by atoms with E-state index in [9.17, 15) is 4.79 Å². The first-order valence-electron chi connectivity index (χ1n) is 7.14. The maximum absolute atomic E-state index is 12.0. The van der Waals surface area contributed by atoms with E-state index in [1.807, 2.05) is 13.0 Å². The Morgan fingerprint density at radius 1 is 1.29 bits per heavy atom. The molecule has 0 bridgehead atoms. The average molecular weight is 344 g/mol. The molecule has 122 valence electrons. The summed E-state index contributed by atoms with van der Waals surface area (Å²) in [5.41, 5.74) is 2.26. The minimum Gasteiger partial charge on any atom is -0.484 e. The lowest BCUT2D eigenvalue weighted by molar-refractivity contribution is -0.118. The van der Waals surface area contributed by atoms with Gasteiger partial charge in [-0.05, 0) is 59.3 Å². The number of hydrogen-bond donors (Lipinski definition) is 1. The molecule has 0 aliphatic rings. The number of halogens is 1. The van der Waals surface area contributed by atoms with Gasteiger partial charge < -0.3 is 10.1 Å². The van der Waals surface area contributed by atoms with Crippen LogP contribution in [0.2, 0.25) is 5.02 Å². The summed E-state index contributed by atoms with van der Waals surface area (Å²) in [7, 11) is 0. The number of benzene rings is 2. The van der Waals surface area contributed by atoms with Crippen molar-refractivity contribution in [2.24, 2.45) is 0 Å². The zero-order valence-electron chi connectivity index (χ0n) is 12.8. The lowest BCUT2D eigenvalue weighted by Crippen LogP contribution is -2.20. The van der Waals surface area contributed by atoms with Crippen molar-refractivity contribution in [2.75, 3.05) is 11.9 Å². The predicted octanol–water partition coefficient (Wildman–Crippen LogP) is 2.64. The third-order valence-electron chi connectivity index (χ3n) is 3.24. The molecule has 0 spiro atoms. The van der Waals surface area contributed by atoms with E-state index in [1.54, 1.807) is 36.4 Å². The van der Waals surface area contributed by atoms with E-state index in [0.717, 1.165) is 11.3 Å². The molecule has 7 nitrogen and oxygen atoms in total. The zero-order chi connectivity index (χ0) is 16.9. The van der Waals surface area contributed by atoms with E-state index in [-0.39, 0.29) is 12.5 Å². The van der Waals surface area contributed by atoms with Crippen LogP contribution in [-0.4, -0.2) is 32.7 Å². The van der Waals surface area contributed by atoms with Gasteiger partial charge in [-0.25, -0.2) is 4.68 Å². The first kappa shape index (κ1) is 15.9. The third-order valence-corrected chi connectivity index (χ3v) is 3.67. The van der Waals surface area contributed by atoms with Gasteiger partial charge in [0.1, 0.15) is 12.1 Å². The number of nitrogens with one attached hydrogen (secondary N) is 1. The molecule has 2 aromatic carbocycles. The molecule has 24 heavy (non-hydrogen) atoms. The lowest BCUT2D eigenvalue weighted by Gasteiger charge is -2.09. The summed E-state index contributed by atoms with van der Waals surface area (Å²) in [6.45, 7) is 1.77. The molecule has 8 heteroatoms. The number of anilines is 1. The minimum atomic E-state index is -0.267. The molecule has 1 aromatic heterocycles. The Hall–Kier alpha value is -2.93. The highest BCUT2D eigenvalue weighted by Gasteiger charge is 2.06. The van der Waals surface area contributed by atoms with Crippen LogP contribution in [0, 0.1) is 6.92 Å². The number of aryl methyl sites for hydroxylation is 1. The Bertz CT molecular complexity index is 851. The SMILES string of the molecule is Cc1cc(OCC(=O)Nc2cccc(-n3cnnn3)c2)ccc1Cl. The summed E-state index contributed by atoms with van der Waals surface area (Å²) in [4.78, 5) is 12.0. The zero-order valence-corrected chi connectivity index (χ0v) is 13.6. The van der Waals surface area contributed by atoms with Gasteiger partial charge in [0.25, 0.3) is 5.91 Å². The molecule has 3 rings (SSSR count). The molecule has 3 aromatic rings. The fraction of sp³-hybridized carbons (Fsp3) is 0.125. The Kier molecular flexibility index (Phi) is 4.72. The first-order valence-corrected chi connectivity index (χ1v) is 7.52. The molecule has 0 radical (unpaired) electrons. The molecule has 0 aliphatic carbocycles. The van der Waals surface area contributed by atoms with Gasteiger partial charge in [-0.1, -0.05) is 17.7 Å². The highest BCUT2D eigenvalue weighted by Crippen LogP contribution is 2.21. The van der Waals surface area contributed by atoms with Crippen molar-refractivity contribution in [3.05, 3.63) is 59.4 Å². The van der Waals surface area contributed by atoms with Gasteiger partial charge in [-0.15, -0.1) is 5.10 Å². The Labute approximate surface area is 143 Å². The van der Waals surface area contributed by atoms with Gasteiger partial charge in [-0.3, -0.25) is 4.79 Å². The second-order valence-electron chi connectivity index (χ2n) is 5.05. The number of rotatable bonds is 5. The van der Waals surface area contributed by atoms with Gasteiger partial charge in [0.05, 0.1) is 5.69 Å². The van der Waals surface area contributed by atoms with E-state index in [4.69, 9.17) is 16.3 Å². The lowest BCUT2D eigenvalue weighted by atomic mass is 10.2. The summed E-state index contributed by atoms with van der Waals surface area (Å²) in [5.74, 6) is 0.325. The van der Waals surface area contributed by atoms with E-state index in [0.29, 0.717) is 16.5 Å². The van der Waals surface area contributed by atoms with Gasteiger partial charge in [0, 0.05) is 10.7 Å². The molecule has 0 unspecified atom stereocenters. The largest absolute Gasteiger partial charge is 0.484 e. The highest BCUT2D eigenvalue weighted by atomic mass is 35.5. The number of ether oxygens (including phenoxy) is 1. The van der Waals surface area contributed by atoms with E-state index in [1.165, 1.54) is 11.0 Å². The van der Waals surface area contributed by atoms with Crippen molar-refractivity contribution in [1.82, 2.24) is 20.2 Å². The summed E-state index contributed by atoms with van der Waals surface area (Å²) in [6.07, 6.45) is 1.48. The maximum atomic E-state index is 12.0. The topological polar surface area (TPSA) is 81.9 Å². The summed E-state index contributed by atoms with van der Waals surface area (Å²) < 4.78 is 6.97. The molecule has 0 saturated carbocycles. The molecule has 0 fully saturated rings. The first-order chi connectivity index (χ1) is 11.6. The van der Waals surface area contributed by atoms with Crippen molar-refractivity contribution < 1.29 is 9.53 Å². The molecular weight excluding hydrogens is 330 g/mol. The van der Waals surface area contributed by atoms with Crippen molar-refractivity contribution in [3.63, 3.8) is 0 Å². The second-order valence-corrected chi connectivity index (χ2v) is 5.46. The second kappa shape index (κ2) is 7.10. The monoisotopic (exact) mass is 343 g/mol. The number of nitrogens with zero attached hydrogens (tertiary/aromatic N) is 4. The Balaban J connectivity index is 1.60. The third kappa shape index (κ3) is 3.88. The van der Waals surface area contributed by atoms with Crippen LogP contribution in [0.25, 0.3) is 5.69 Å². The fourth-order valence-corrected chi connectivity index (χ4v) is 2.18. The van der Waals surface area contributed by atoms with Crippen molar-refractivity contribution >= 4 is 23.2 Å². The van der Waals surface area contributed by atoms with Crippen molar-refractivity contribution in [3.8, 4) is 11.4 Å². The van der Waals surface area contributed by atoms with Crippen molar-refractivity contribution in [1.29, 1.82) is 0 Å². The van der Waals surface area contributed by atoms with Crippen LogP contribution in [0.4, 0.5) is 5.69 Å². The summed E-state index contributed by atoms with van der Waals surface area (Å²) in [5, 5.41) is 14.4. The van der Waals surface area contributed by atoms with Crippen LogP contribution in [0.5, 0.6) is 5.75 Å². The highest BCUT2D eigenvalue weighted by molar-refractivity contribution is 6.31. The molecule has 1 N–H and O–H groups in total. The molecule has 0 atom stereocenters. The quantitative estimate of drug-likeness (QED) is 0.770. The van der Waals surface area contributed by atoms with E-state index in [2.05, 4.69) is 20.8 Å². The van der Waals surface area contributed by atoms with E-state index < -0.39 is 0 Å². The Morgan fingerprint density at radius 2 is 2.17 bits per heavy atom. The number of hydrogen-bond acceptors (Lipinski definition) is 5. The van der Waals surface area contributed by atoms with Crippen LogP contribution < -0.4 is 10.1 Å².